The minimum atomic E-state index is -0.192. The SMILES string of the molecule is CCOc1ccc(NC(=O)CSc2nc3sc(C)c(-c4ccccc4)c3c(=O)[nH]2)cc1. The number of nitrogens with zero attached hydrogens (tertiary/aromatic N) is 1. The Hall–Kier alpha value is -3.10. The van der Waals surface area contributed by atoms with Crippen molar-refractivity contribution < 1.29 is 9.53 Å². The topological polar surface area (TPSA) is 84.1 Å². The molecular formula is C23H21N3O3S2. The van der Waals surface area contributed by atoms with Gasteiger partial charge in [0.25, 0.3) is 5.56 Å². The molecule has 2 aromatic heterocycles. The lowest BCUT2D eigenvalue weighted by molar-refractivity contribution is -0.113. The number of ether oxygens (including phenoxy) is 1. The summed E-state index contributed by atoms with van der Waals surface area (Å²) in [5.41, 5.74) is 2.41. The van der Waals surface area contributed by atoms with Crippen molar-refractivity contribution in [1.29, 1.82) is 0 Å². The highest BCUT2D eigenvalue weighted by Gasteiger charge is 2.17. The lowest BCUT2D eigenvalue weighted by atomic mass is 10.0. The number of carbonyl (C=O) groups is 1. The van der Waals surface area contributed by atoms with Gasteiger partial charge < -0.3 is 15.0 Å². The fourth-order valence-corrected chi connectivity index (χ4v) is 5.02. The molecule has 0 saturated heterocycles. The molecule has 0 bridgehead atoms. The van der Waals surface area contributed by atoms with Crippen LogP contribution in [0.4, 0.5) is 5.69 Å². The number of aryl methyl sites for hydroxylation is 1. The van der Waals surface area contributed by atoms with Crippen molar-refractivity contribution in [3.63, 3.8) is 0 Å². The van der Waals surface area contributed by atoms with Crippen molar-refractivity contribution in [3.05, 3.63) is 69.8 Å². The van der Waals surface area contributed by atoms with E-state index in [1.54, 1.807) is 12.1 Å². The maximum atomic E-state index is 12.8. The van der Waals surface area contributed by atoms with Crippen LogP contribution in [0.15, 0.2) is 64.5 Å². The first-order valence-electron chi connectivity index (χ1n) is 9.79. The number of rotatable bonds is 7. The number of H-pyrrole nitrogens is 1. The van der Waals surface area contributed by atoms with Gasteiger partial charge in [-0.2, -0.15) is 0 Å². The van der Waals surface area contributed by atoms with E-state index in [4.69, 9.17) is 4.74 Å². The monoisotopic (exact) mass is 451 g/mol. The lowest BCUT2D eigenvalue weighted by Crippen LogP contribution is -2.15. The number of carbonyl (C=O) groups excluding carboxylic acids is 1. The zero-order valence-corrected chi connectivity index (χ0v) is 18.7. The number of thiophene rings is 1. The highest BCUT2D eigenvalue weighted by atomic mass is 32.2. The van der Waals surface area contributed by atoms with Crippen LogP contribution in [0.3, 0.4) is 0 Å². The van der Waals surface area contributed by atoms with Crippen LogP contribution in [0.1, 0.15) is 11.8 Å². The Balaban J connectivity index is 1.48. The molecule has 4 aromatic rings. The Labute approximate surface area is 187 Å². The molecule has 2 heterocycles. The number of amides is 1. The fraction of sp³-hybridized carbons (Fsp3) is 0.174. The van der Waals surface area contributed by atoms with Crippen molar-refractivity contribution in [2.45, 2.75) is 19.0 Å². The van der Waals surface area contributed by atoms with Gasteiger partial charge in [-0.05, 0) is 43.7 Å². The molecular weight excluding hydrogens is 430 g/mol. The van der Waals surface area contributed by atoms with Gasteiger partial charge in [0, 0.05) is 16.1 Å². The van der Waals surface area contributed by atoms with Crippen LogP contribution in [-0.2, 0) is 4.79 Å². The first-order chi connectivity index (χ1) is 15.0. The van der Waals surface area contributed by atoms with Crippen molar-refractivity contribution in [2.75, 3.05) is 17.7 Å². The predicted octanol–water partition coefficient (Wildman–Crippen LogP) is 5.09. The standard InChI is InChI=1S/C23H21N3O3S2/c1-3-29-17-11-9-16(10-12-17)24-18(27)13-30-23-25-21(28)20-19(14(2)31-22(20)26-23)15-7-5-4-6-8-15/h4-12H,3,13H2,1-2H3,(H,24,27)(H,25,26,28). The fourth-order valence-electron chi connectivity index (χ4n) is 3.25. The average Bonchev–Trinajstić information content (AvgIpc) is 3.11. The van der Waals surface area contributed by atoms with E-state index < -0.39 is 0 Å². The maximum absolute atomic E-state index is 12.8. The number of aromatic amines is 1. The highest BCUT2D eigenvalue weighted by Crippen LogP contribution is 2.35. The molecule has 2 aromatic carbocycles. The van der Waals surface area contributed by atoms with Crippen LogP contribution in [0.5, 0.6) is 5.75 Å². The molecule has 4 rings (SSSR count). The molecule has 0 aliphatic heterocycles. The second-order valence-electron chi connectivity index (χ2n) is 6.74. The molecule has 0 radical (unpaired) electrons. The summed E-state index contributed by atoms with van der Waals surface area (Å²) >= 11 is 2.69. The molecule has 0 aliphatic rings. The van der Waals surface area contributed by atoms with Crippen LogP contribution >= 0.6 is 23.1 Å². The third kappa shape index (κ3) is 4.81. The summed E-state index contributed by atoms with van der Waals surface area (Å²) in [6.45, 7) is 4.50. The molecule has 0 aliphatic carbocycles. The summed E-state index contributed by atoms with van der Waals surface area (Å²) in [6, 6.07) is 17.0. The smallest absolute Gasteiger partial charge is 0.260 e. The maximum Gasteiger partial charge on any atom is 0.260 e. The number of anilines is 1. The van der Waals surface area contributed by atoms with E-state index in [-0.39, 0.29) is 17.2 Å². The van der Waals surface area contributed by atoms with E-state index in [1.807, 2.05) is 56.3 Å². The van der Waals surface area contributed by atoms with Crippen molar-refractivity contribution in [1.82, 2.24) is 9.97 Å². The number of benzene rings is 2. The third-order valence-corrected chi connectivity index (χ3v) is 6.44. The van der Waals surface area contributed by atoms with E-state index in [1.165, 1.54) is 23.1 Å². The van der Waals surface area contributed by atoms with Crippen LogP contribution in [0.25, 0.3) is 21.3 Å². The molecule has 0 spiro atoms. The van der Waals surface area contributed by atoms with Gasteiger partial charge in [0.15, 0.2) is 5.16 Å². The summed E-state index contributed by atoms with van der Waals surface area (Å²) < 4.78 is 5.40. The van der Waals surface area contributed by atoms with Crippen LogP contribution in [-0.4, -0.2) is 28.2 Å². The number of hydrogen-bond acceptors (Lipinski definition) is 6. The summed E-state index contributed by atoms with van der Waals surface area (Å²) in [5.74, 6) is 0.715. The van der Waals surface area contributed by atoms with E-state index in [9.17, 15) is 9.59 Å². The van der Waals surface area contributed by atoms with Gasteiger partial charge in [-0.1, -0.05) is 42.1 Å². The quantitative estimate of drug-likeness (QED) is 0.302. The first-order valence-corrected chi connectivity index (χ1v) is 11.6. The van der Waals surface area contributed by atoms with Crippen LogP contribution < -0.4 is 15.6 Å². The van der Waals surface area contributed by atoms with Gasteiger partial charge in [-0.15, -0.1) is 11.3 Å². The summed E-state index contributed by atoms with van der Waals surface area (Å²) in [4.78, 5) is 34.2. The zero-order valence-electron chi connectivity index (χ0n) is 17.1. The van der Waals surface area contributed by atoms with E-state index >= 15 is 0 Å². The normalized spacial score (nSPS) is 10.9. The number of nitrogens with one attached hydrogen (secondary N) is 2. The molecule has 0 unspecified atom stereocenters. The Morgan fingerprint density at radius 1 is 1.16 bits per heavy atom. The molecule has 6 nitrogen and oxygen atoms in total. The van der Waals surface area contributed by atoms with Gasteiger partial charge in [0.1, 0.15) is 10.6 Å². The highest BCUT2D eigenvalue weighted by molar-refractivity contribution is 7.99. The van der Waals surface area contributed by atoms with E-state index in [0.29, 0.717) is 27.7 Å². The minimum absolute atomic E-state index is 0.136. The zero-order chi connectivity index (χ0) is 21.8. The van der Waals surface area contributed by atoms with E-state index in [2.05, 4.69) is 15.3 Å². The van der Waals surface area contributed by atoms with Gasteiger partial charge in [0.2, 0.25) is 5.91 Å². The number of thioether (sulfide) groups is 1. The van der Waals surface area contributed by atoms with E-state index in [0.717, 1.165) is 21.8 Å². The summed E-state index contributed by atoms with van der Waals surface area (Å²) in [6.07, 6.45) is 0. The Morgan fingerprint density at radius 3 is 2.61 bits per heavy atom. The van der Waals surface area contributed by atoms with Gasteiger partial charge >= 0.3 is 0 Å². The van der Waals surface area contributed by atoms with Crippen molar-refractivity contribution >= 4 is 44.9 Å². The Kier molecular flexibility index (Phi) is 6.39. The van der Waals surface area contributed by atoms with Gasteiger partial charge in [-0.25, -0.2) is 4.98 Å². The molecule has 158 valence electrons. The lowest BCUT2D eigenvalue weighted by Gasteiger charge is -2.07. The molecule has 31 heavy (non-hydrogen) atoms. The van der Waals surface area contributed by atoms with Crippen molar-refractivity contribution in [3.8, 4) is 16.9 Å². The number of fused-ring (bicyclic) bond motifs is 1. The third-order valence-electron chi connectivity index (χ3n) is 4.57. The largest absolute Gasteiger partial charge is 0.494 e. The first kappa shape index (κ1) is 21.1. The van der Waals surface area contributed by atoms with Crippen molar-refractivity contribution in [2.24, 2.45) is 0 Å². The molecule has 1 amide bonds. The predicted molar refractivity (Wildman–Crippen MR) is 127 cm³/mol. The van der Waals surface area contributed by atoms with Crippen LogP contribution in [0.2, 0.25) is 0 Å². The molecule has 2 N–H and O–H groups in total. The second-order valence-corrected chi connectivity index (χ2v) is 8.91. The summed E-state index contributed by atoms with van der Waals surface area (Å²) in [7, 11) is 0. The second kappa shape index (κ2) is 9.36. The molecule has 0 saturated carbocycles. The Morgan fingerprint density at radius 2 is 1.90 bits per heavy atom. The van der Waals surface area contributed by atoms with Gasteiger partial charge in [0.05, 0.1) is 17.7 Å². The number of hydrogen-bond donors (Lipinski definition) is 2. The van der Waals surface area contributed by atoms with Crippen LogP contribution in [0, 0.1) is 6.92 Å². The Bertz CT molecular complexity index is 1270. The molecule has 0 fully saturated rings. The minimum Gasteiger partial charge on any atom is -0.494 e. The molecule has 0 atom stereocenters. The summed E-state index contributed by atoms with van der Waals surface area (Å²) in [5, 5.41) is 3.86. The average molecular weight is 452 g/mol. The van der Waals surface area contributed by atoms with Gasteiger partial charge in [-0.3, -0.25) is 9.59 Å². The number of aromatic nitrogens is 2. The molecule has 8 heteroatoms.